The van der Waals surface area contributed by atoms with E-state index in [0.29, 0.717) is 39.9 Å². The summed E-state index contributed by atoms with van der Waals surface area (Å²) in [5.74, 6) is 1.38. The van der Waals surface area contributed by atoms with E-state index in [1.54, 1.807) is 18.2 Å². The average molecular weight is 669 g/mol. The molecule has 0 radical (unpaired) electrons. The number of ether oxygens (including phenoxy) is 2. The normalized spacial score (nSPS) is 11.3. The number of aliphatic carboxylic acids is 1. The molecule has 6 rings (SSSR count). The van der Waals surface area contributed by atoms with E-state index < -0.39 is 17.9 Å². The Morgan fingerprint density at radius 1 is 0.673 bits per heavy atom. The smallest absolute Gasteiger partial charge is 0.305 e. The number of carboxylic acid groups (broad SMARTS) is 1. The fraction of sp³-hybridized carbons (Fsp3) is 0.0732. The van der Waals surface area contributed by atoms with Crippen LogP contribution in [-0.2, 0) is 11.3 Å². The minimum Gasteiger partial charge on any atom is -0.481 e. The molecule has 0 aliphatic carbocycles. The number of benzene rings is 6. The quantitative estimate of drug-likeness (QED) is 0.113. The van der Waals surface area contributed by atoms with Gasteiger partial charge >= 0.3 is 5.97 Å². The Bertz CT molecular complexity index is 2020. The standard InChI is InChI=1S/C41H33ClN2O5/c42-31-21-24-37(43-27-28-15-22-34(23-16-28)48-32-9-3-1-4-10-32)36(25-31)41(47)44-38(26-40(45)46)30-19-17-29(18-20-30)35-13-7-8-14-39(35)49-33-11-5-2-6-12-33/h1-25,38,43H,26-27H2,(H,44,47)(H,45,46). The lowest BCUT2D eigenvalue weighted by Crippen LogP contribution is -2.30. The molecule has 0 saturated heterocycles. The van der Waals surface area contributed by atoms with Gasteiger partial charge in [0, 0.05) is 22.8 Å². The minimum absolute atomic E-state index is 0.301. The van der Waals surface area contributed by atoms with Crippen molar-refractivity contribution in [3.05, 3.63) is 173 Å². The van der Waals surface area contributed by atoms with Gasteiger partial charge in [-0.05, 0) is 77.4 Å². The van der Waals surface area contributed by atoms with Crippen LogP contribution in [0.4, 0.5) is 5.69 Å². The van der Waals surface area contributed by atoms with Gasteiger partial charge in [0.05, 0.1) is 18.0 Å². The first-order chi connectivity index (χ1) is 23.9. The summed E-state index contributed by atoms with van der Waals surface area (Å²) in [5.41, 5.74) is 4.25. The molecule has 0 fully saturated rings. The molecule has 7 nitrogen and oxygen atoms in total. The van der Waals surface area contributed by atoms with Gasteiger partial charge in [0.15, 0.2) is 0 Å². The maximum atomic E-state index is 13.7. The molecule has 6 aromatic carbocycles. The fourth-order valence-electron chi connectivity index (χ4n) is 5.32. The van der Waals surface area contributed by atoms with Crippen LogP contribution in [0.1, 0.15) is 33.9 Å². The van der Waals surface area contributed by atoms with Gasteiger partial charge < -0.3 is 25.2 Å². The second kappa shape index (κ2) is 15.7. The lowest BCUT2D eigenvalue weighted by Gasteiger charge is -2.20. The van der Waals surface area contributed by atoms with Crippen LogP contribution in [-0.4, -0.2) is 17.0 Å². The van der Waals surface area contributed by atoms with Gasteiger partial charge in [-0.1, -0.05) is 103 Å². The molecule has 0 aromatic heterocycles. The van der Waals surface area contributed by atoms with Crippen LogP contribution in [0, 0.1) is 0 Å². The first-order valence-electron chi connectivity index (χ1n) is 15.7. The molecule has 49 heavy (non-hydrogen) atoms. The largest absolute Gasteiger partial charge is 0.481 e. The van der Waals surface area contributed by atoms with Crippen molar-refractivity contribution in [3.63, 3.8) is 0 Å². The van der Waals surface area contributed by atoms with Gasteiger partial charge in [-0.2, -0.15) is 0 Å². The first-order valence-corrected chi connectivity index (χ1v) is 16.1. The summed E-state index contributed by atoms with van der Waals surface area (Å²) in [7, 11) is 0. The predicted molar refractivity (Wildman–Crippen MR) is 193 cm³/mol. The van der Waals surface area contributed by atoms with E-state index >= 15 is 0 Å². The van der Waals surface area contributed by atoms with Crippen molar-refractivity contribution in [3.8, 4) is 34.1 Å². The minimum atomic E-state index is -1.04. The van der Waals surface area contributed by atoms with Crippen LogP contribution in [0.15, 0.2) is 152 Å². The second-order valence-corrected chi connectivity index (χ2v) is 11.7. The summed E-state index contributed by atoms with van der Waals surface area (Å²) in [5, 5.41) is 16.4. The Balaban J connectivity index is 1.16. The molecule has 0 heterocycles. The van der Waals surface area contributed by atoms with Crippen LogP contribution in [0.5, 0.6) is 23.0 Å². The van der Waals surface area contributed by atoms with E-state index in [4.69, 9.17) is 21.1 Å². The zero-order chi connectivity index (χ0) is 34.0. The summed E-state index contributed by atoms with van der Waals surface area (Å²) in [6, 6.07) is 46.1. The van der Waals surface area contributed by atoms with E-state index in [0.717, 1.165) is 28.2 Å². The first kappa shape index (κ1) is 32.9. The van der Waals surface area contributed by atoms with Crippen LogP contribution in [0.3, 0.4) is 0 Å². The summed E-state index contributed by atoms with van der Waals surface area (Å²) in [6.45, 7) is 0.434. The van der Waals surface area contributed by atoms with E-state index in [9.17, 15) is 14.7 Å². The molecule has 1 atom stereocenters. The molecule has 0 bridgehead atoms. The number of carbonyl (C=O) groups is 2. The van der Waals surface area contributed by atoms with Gasteiger partial charge in [-0.3, -0.25) is 9.59 Å². The van der Waals surface area contributed by atoms with Gasteiger partial charge in [0.1, 0.15) is 23.0 Å². The van der Waals surface area contributed by atoms with E-state index in [1.165, 1.54) is 0 Å². The van der Waals surface area contributed by atoms with Crippen molar-refractivity contribution in [2.24, 2.45) is 0 Å². The lowest BCUT2D eigenvalue weighted by atomic mass is 9.98. The van der Waals surface area contributed by atoms with Crippen molar-refractivity contribution < 1.29 is 24.2 Å². The Hall–Kier alpha value is -6.05. The molecule has 8 heteroatoms. The molecular formula is C41H33ClN2O5. The Morgan fingerprint density at radius 2 is 1.29 bits per heavy atom. The number of hydrogen-bond acceptors (Lipinski definition) is 5. The molecule has 0 aliphatic rings. The zero-order valence-corrected chi connectivity index (χ0v) is 27.1. The van der Waals surface area contributed by atoms with Crippen LogP contribution < -0.4 is 20.1 Å². The third-order valence-electron chi connectivity index (χ3n) is 7.78. The van der Waals surface area contributed by atoms with Crippen molar-refractivity contribution in [1.29, 1.82) is 0 Å². The van der Waals surface area contributed by atoms with Gasteiger partial charge in [-0.25, -0.2) is 0 Å². The summed E-state index contributed by atoms with van der Waals surface area (Å²) >= 11 is 6.31. The number of para-hydroxylation sites is 3. The number of carbonyl (C=O) groups excluding carboxylic acids is 1. The highest BCUT2D eigenvalue weighted by Gasteiger charge is 2.21. The molecule has 0 spiro atoms. The van der Waals surface area contributed by atoms with Crippen molar-refractivity contribution in [2.75, 3.05) is 5.32 Å². The zero-order valence-electron chi connectivity index (χ0n) is 26.4. The second-order valence-electron chi connectivity index (χ2n) is 11.3. The number of nitrogens with one attached hydrogen (secondary N) is 2. The topological polar surface area (TPSA) is 96.9 Å². The van der Waals surface area contributed by atoms with Crippen LogP contribution >= 0.6 is 11.6 Å². The number of amides is 1. The Kier molecular flexibility index (Phi) is 10.5. The summed E-state index contributed by atoms with van der Waals surface area (Å²) < 4.78 is 12.0. The molecule has 1 amide bonds. The lowest BCUT2D eigenvalue weighted by molar-refractivity contribution is -0.137. The van der Waals surface area contributed by atoms with E-state index in [1.807, 2.05) is 133 Å². The maximum absolute atomic E-state index is 13.7. The molecule has 244 valence electrons. The van der Waals surface area contributed by atoms with Gasteiger partial charge in [-0.15, -0.1) is 0 Å². The fourth-order valence-corrected chi connectivity index (χ4v) is 5.50. The number of carboxylic acids is 1. The summed E-state index contributed by atoms with van der Waals surface area (Å²) in [6.07, 6.45) is -0.306. The average Bonchev–Trinajstić information content (AvgIpc) is 3.12. The SMILES string of the molecule is O=C(O)CC(NC(=O)c1cc(Cl)ccc1NCc1ccc(Oc2ccccc2)cc1)c1ccc(-c2ccccc2Oc2ccccc2)cc1. The van der Waals surface area contributed by atoms with E-state index in [2.05, 4.69) is 10.6 Å². The van der Waals surface area contributed by atoms with Crippen molar-refractivity contribution in [2.45, 2.75) is 19.0 Å². The molecule has 0 saturated carbocycles. The van der Waals surface area contributed by atoms with Crippen molar-refractivity contribution in [1.82, 2.24) is 5.32 Å². The molecule has 1 unspecified atom stereocenters. The predicted octanol–water partition coefficient (Wildman–Crippen LogP) is 10.1. The number of anilines is 1. The van der Waals surface area contributed by atoms with Crippen LogP contribution in [0.25, 0.3) is 11.1 Å². The highest BCUT2D eigenvalue weighted by Crippen LogP contribution is 2.34. The molecule has 3 N–H and O–H groups in total. The van der Waals surface area contributed by atoms with Gasteiger partial charge in [0.25, 0.3) is 5.91 Å². The molecule has 0 aliphatic heterocycles. The highest BCUT2D eigenvalue weighted by molar-refractivity contribution is 6.31. The third kappa shape index (κ3) is 8.86. The number of hydrogen-bond donors (Lipinski definition) is 3. The van der Waals surface area contributed by atoms with E-state index in [-0.39, 0.29) is 6.42 Å². The molecular weight excluding hydrogens is 636 g/mol. The number of rotatable bonds is 13. The Morgan fingerprint density at radius 3 is 1.96 bits per heavy atom. The molecule has 6 aromatic rings. The Labute approximate surface area is 289 Å². The number of halogens is 1. The van der Waals surface area contributed by atoms with Crippen LogP contribution in [0.2, 0.25) is 5.02 Å². The van der Waals surface area contributed by atoms with Crippen molar-refractivity contribution >= 4 is 29.2 Å². The summed E-state index contributed by atoms with van der Waals surface area (Å²) in [4.78, 5) is 25.6. The monoisotopic (exact) mass is 668 g/mol. The third-order valence-corrected chi connectivity index (χ3v) is 8.01. The highest BCUT2D eigenvalue weighted by atomic mass is 35.5. The maximum Gasteiger partial charge on any atom is 0.305 e. The van der Waals surface area contributed by atoms with Gasteiger partial charge in [0.2, 0.25) is 0 Å².